The summed E-state index contributed by atoms with van der Waals surface area (Å²) in [5.41, 5.74) is 4.72. The topological polar surface area (TPSA) is 73.6 Å². The van der Waals surface area contributed by atoms with Crippen molar-refractivity contribution in [3.05, 3.63) is 71.8 Å². The number of aromatic nitrogens is 1. The highest BCUT2D eigenvalue weighted by Gasteiger charge is 2.12. The summed E-state index contributed by atoms with van der Waals surface area (Å²) in [6, 6.07) is 18.7. The van der Waals surface area contributed by atoms with Crippen molar-refractivity contribution in [2.75, 3.05) is 19.0 Å². The molecule has 1 heterocycles. The van der Waals surface area contributed by atoms with Crippen LogP contribution in [0.4, 0.5) is 5.69 Å². The first-order chi connectivity index (χ1) is 14.5. The number of oxazole rings is 1. The Morgan fingerprint density at radius 1 is 1.03 bits per heavy atom. The van der Waals surface area contributed by atoms with E-state index in [1.165, 1.54) is 0 Å². The number of amides is 1. The van der Waals surface area contributed by atoms with Crippen LogP contribution in [-0.4, -0.2) is 24.6 Å². The summed E-state index contributed by atoms with van der Waals surface area (Å²) in [6.45, 7) is 3.84. The zero-order chi connectivity index (χ0) is 21.1. The first kappa shape index (κ1) is 19.5. The molecule has 6 nitrogen and oxygen atoms in total. The molecule has 6 heteroatoms. The number of ether oxygens (including phenoxy) is 2. The van der Waals surface area contributed by atoms with Crippen molar-refractivity contribution in [3.8, 4) is 23.0 Å². The number of rotatable bonds is 6. The molecule has 0 fully saturated rings. The first-order valence-electron chi connectivity index (χ1n) is 9.57. The first-order valence-corrected chi connectivity index (χ1v) is 9.57. The number of hydrogen-bond donors (Lipinski definition) is 1. The summed E-state index contributed by atoms with van der Waals surface area (Å²) in [4.78, 5) is 16.9. The van der Waals surface area contributed by atoms with Crippen LogP contribution in [0, 0.1) is 13.8 Å². The maximum absolute atomic E-state index is 12.3. The lowest BCUT2D eigenvalue weighted by atomic mass is 10.1. The summed E-state index contributed by atoms with van der Waals surface area (Å²) < 4.78 is 16.9. The van der Waals surface area contributed by atoms with E-state index in [2.05, 4.69) is 10.3 Å². The Hall–Kier alpha value is -3.80. The van der Waals surface area contributed by atoms with Crippen LogP contribution in [0.2, 0.25) is 0 Å². The predicted molar refractivity (Wildman–Crippen MR) is 116 cm³/mol. The molecule has 0 unspecified atom stereocenters. The third-order valence-electron chi connectivity index (χ3n) is 4.75. The van der Waals surface area contributed by atoms with Gasteiger partial charge in [-0.25, -0.2) is 4.98 Å². The minimum Gasteiger partial charge on any atom is -0.497 e. The predicted octanol–water partition coefficient (Wildman–Crippen LogP) is 5.14. The minimum absolute atomic E-state index is 0.0742. The van der Waals surface area contributed by atoms with E-state index in [1.54, 1.807) is 19.2 Å². The largest absolute Gasteiger partial charge is 0.497 e. The SMILES string of the molecule is COc1cccc(-c2nc3ccc(NC(=O)COc4c(C)cccc4C)cc3o2)c1. The summed E-state index contributed by atoms with van der Waals surface area (Å²) in [5, 5.41) is 2.84. The zero-order valence-electron chi connectivity index (χ0n) is 17.1. The minimum atomic E-state index is -0.246. The molecule has 30 heavy (non-hydrogen) atoms. The standard InChI is InChI=1S/C24H22N2O4/c1-15-6-4-7-16(2)23(15)29-14-22(27)25-18-10-11-20-21(13-18)30-24(26-20)17-8-5-9-19(12-17)28-3/h4-13H,14H2,1-3H3,(H,25,27). The molecular formula is C24H22N2O4. The van der Waals surface area contributed by atoms with Gasteiger partial charge in [0.05, 0.1) is 7.11 Å². The molecule has 1 aromatic heterocycles. The summed E-state index contributed by atoms with van der Waals surface area (Å²) in [6.07, 6.45) is 0. The monoisotopic (exact) mass is 402 g/mol. The highest BCUT2D eigenvalue weighted by Crippen LogP contribution is 2.28. The van der Waals surface area contributed by atoms with Crippen molar-refractivity contribution in [1.29, 1.82) is 0 Å². The second-order valence-electron chi connectivity index (χ2n) is 6.99. The zero-order valence-corrected chi connectivity index (χ0v) is 17.1. The van der Waals surface area contributed by atoms with Gasteiger partial charge in [0.25, 0.3) is 5.91 Å². The van der Waals surface area contributed by atoms with Crippen LogP contribution >= 0.6 is 0 Å². The Kier molecular flexibility index (Phi) is 5.39. The van der Waals surface area contributed by atoms with Crippen LogP contribution in [0.15, 0.2) is 65.1 Å². The van der Waals surface area contributed by atoms with Crippen LogP contribution in [0.5, 0.6) is 11.5 Å². The van der Waals surface area contributed by atoms with Gasteiger partial charge >= 0.3 is 0 Å². The van der Waals surface area contributed by atoms with Gasteiger partial charge in [0.2, 0.25) is 5.89 Å². The van der Waals surface area contributed by atoms with Gasteiger partial charge in [0.1, 0.15) is 17.0 Å². The molecule has 0 atom stereocenters. The molecule has 0 spiro atoms. The number of methoxy groups -OCH3 is 1. The number of para-hydroxylation sites is 1. The number of benzene rings is 3. The number of fused-ring (bicyclic) bond motifs is 1. The average molecular weight is 402 g/mol. The molecule has 0 aliphatic carbocycles. The molecular weight excluding hydrogens is 380 g/mol. The van der Waals surface area contributed by atoms with Gasteiger partial charge in [-0.1, -0.05) is 24.3 Å². The Labute approximate surface area is 174 Å². The molecule has 0 bridgehead atoms. The van der Waals surface area contributed by atoms with Gasteiger partial charge in [-0.2, -0.15) is 0 Å². The number of aryl methyl sites for hydroxylation is 2. The smallest absolute Gasteiger partial charge is 0.262 e. The summed E-state index contributed by atoms with van der Waals surface area (Å²) in [5.74, 6) is 1.71. The molecule has 0 aliphatic heterocycles. The molecule has 0 saturated carbocycles. The lowest BCUT2D eigenvalue weighted by Crippen LogP contribution is -2.20. The normalized spacial score (nSPS) is 10.8. The van der Waals surface area contributed by atoms with E-state index >= 15 is 0 Å². The van der Waals surface area contributed by atoms with Crippen LogP contribution in [0.3, 0.4) is 0 Å². The Morgan fingerprint density at radius 3 is 2.57 bits per heavy atom. The molecule has 3 aromatic carbocycles. The van der Waals surface area contributed by atoms with Gasteiger partial charge in [0, 0.05) is 17.3 Å². The van der Waals surface area contributed by atoms with Crippen LogP contribution in [0.1, 0.15) is 11.1 Å². The molecule has 1 amide bonds. The van der Waals surface area contributed by atoms with Crippen molar-refractivity contribution in [2.45, 2.75) is 13.8 Å². The second kappa shape index (κ2) is 8.29. The van der Waals surface area contributed by atoms with Gasteiger partial charge in [0.15, 0.2) is 12.2 Å². The molecule has 0 saturated heterocycles. The van der Waals surface area contributed by atoms with Crippen molar-refractivity contribution < 1.29 is 18.7 Å². The average Bonchev–Trinajstić information content (AvgIpc) is 3.17. The number of hydrogen-bond acceptors (Lipinski definition) is 5. The number of carbonyl (C=O) groups excluding carboxylic acids is 1. The van der Waals surface area contributed by atoms with Crippen LogP contribution in [0.25, 0.3) is 22.6 Å². The van der Waals surface area contributed by atoms with Gasteiger partial charge in [-0.05, 0) is 55.3 Å². The summed E-state index contributed by atoms with van der Waals surface area (Å²) in [7, 11) is 1.62. The van der Waals surface area contributed by atoms with Crippen molar-refractivity contribution in [3.63, 3.8) is 0 Å². The molecule has 0 aliphatic rings. The highest BCUT2D eigenvalue weighted by atomic mass is 16.5. The van der Waals surface area contributed by atoms with E-state index in [-0.39, 0.29) is 12.5 Å². The quantitative estimate of drug-likeness (QED) is 0.483. The third-order valence-corrected chi connectivity index (χ3v) is 4.75. The maximum atomic E-state index is 12.3. The second-order valence-corrected chi connectivity index (χ2v) is 6.99. The molecule has 0 radical (unpaired) electrons. The lowest BCUT2D eigenvalue weighted by Gasteiger charge is -2.11. The van der Waals surface area contributed by atoms with E-state index < -0.39 is 0 Å². The van der Waals surface area contributed by atoms with Gasteiger partial charge < -0.3 is 19.2 Å². The summed E-state index contributed by atoms with van der Waals surface area (Å²) >= 11 is 0. The van der Waals surface area contributed by atoms with Gasteiger partial charge in [-0.3, -0.25) is 4.79 Å². The lowest BCUT2D eigenvalue weighted by molar-refractivity contribution is -0.118. The van der Waals surface area contributed by atoms with Crippen LogP contribution < -0.4 is 14.8 Å². The van der Waals surface area contributed by atoms with E-state index in [4.69, 9.17) is 13.9 Å². The fraction of sp³-hybridized carbons (Fsp3) is 0.167. The number of carbonyl (C=O) groups is 1. The molecule has 1 N–H and O–H groups in total. The Balaban J connectivity index is 1.47. The van der Waals surface area contributed by atoms with Crippen LogP contribution in [-0.2, 0) is 4.79 Å². The van der Waals surface area contributed by atoms with E-state index in [1.807, 2.05) is 62.4 Å². The van der Waals surface area contributed by atoms with E-state index in [0.29, 0.717) is 22.7 Å². The Bertz CT molecular complexity index is 1190. The van der Waals surface area contributed by atoms with Crippen molar-refractivity contribution in [2.24, 2.45) is 0 Å². The fourth-order valence-electron chi connectivity index (χ4n) is 3.24. The van der Waals surface area contributed by atoms with Crippen molar-refractivity contribution >= 4 is 22.7 Å². The van der Waals surface area contributed by atoms with Gasteiger partial charge in [-0.15, -0.1) is 0 Å². The number of nitrogens with zero attached hydrogens (tertiary/aromatic N) is 1. The number of anilines is 1. The fourth-order valence-corrected chi connectivity index (χ4v) is 3.24. The third kappa shape index (κ3) is 4.12. The van der Waals surface area contributed by atoms with E-state index in [0.717, 1.165) is 28.2 Å². The molecule has 4 aromatic rings. The number of nitrogens with one attached hydrogen (secondary N) is 1. The highest BCUT2D eigenvalue weighted by molar-refractivity contribution is 5.94. The van der Waals surface area contributed by atoms with E-state index in [9.17, 15) is 4.79 Å². The molecule has 4 rings (SSSR count). The molecule has 152 valence electrons. The van der Waals surface area contributed by atoms with Crippen molar-refractivity contribution in [1.82, 2.24) is 4.98 Å². The Morgan fingerprint density at radius 2 is 1.80 bits per heavy atom. The maximum Gasteiger partial charge on any atom is 0.262 e.